The van der Waals surface area contributed by atoms with Crippen molar-refractivity contribution in [1.82, 2.24) is 20.4 Å². The van der Waals surface area contributed by atoms with Crippen LogP contribution in [0.1, 0.15) is 39.0 Å². The van der Waals surface area contributed by atoms with Crippen LogP contribution in [0.15, 0.2) is 0 Å². The van der Waals surface area contributed by atoms with Gasteiger partial charge in [0.05, 0.1) is 0 Å². The number of nitrogens with one attached hydrogen (secondary N) is 2. The summed E-state index contributed by atoms with van der Waals surface area (Å²) < 4.78 is 0. The first-order valence-corrected chi connectivity index (χ1v) is 9.14. The SMILES string of the molecule is CC(=O)NCCCC1CCN(CCCN2CCNCC2)CC1. The number of hydrogen-bond donors (Lipinski definition) is 2. The molecule has 2 fully saturated rings. The van der Waals surface area contributed by atoms with Gasteiger partial charge in [-0.1, -0.05) is 0 Å². The summed E-state index contributed by atoms with van der Waals surface area (Å²) in [6, 6.07) is 0. The zero-order valence-electron chi connectivity index (χ0n) is 14.3. The Morgan fingerprint density at radius 3 is 2.32 bits per heavy atom. The summed E-state index contributed by atoms with van der Waals surface area (Å²) in [5.74, 6) is 0.970. The summed E-state index contributed by atoms with van der Waals surface area (Å²) in [5, 5.41) is 6.31. The highest BCUT2D eigenvalue weighted by atomic mass is 16.1. The van der Waals surface area contributed by atoms with Crippen molar-refractivity contribution in [1.29, 1.82) is 0 Å². The summed E-state index contributed by atoms with van der Waals surface area (Å²) in [6.45, 7) is 12.3. The second kappa shape index (κ2) is 10.2. The van der Waals surface area contributed by atoms with Gasteiger partial charge in [0.15, 0.2) is 0 Å². The fraction of sp³-hybridized carbons (Fsp3) is 0.941. The van der Waals surface area contributed by atoms with Crippen LogP contribution in [0, 0.1) is 5.92 Å². The third kappa shape index (κ3) is 7.07. The van der Waals surface area contributed by atoms with E-state index in [9.17, 15) is 4.79 Å². The Morgan fingerprint density at radius 2 is 1.68 bits per heavy atom. The molecule has 0 aromatic carbocycles. The maximum Gasteiger partial charge on any atom is 0.216 e. The van der Waals surface area contributed by atoms with Gasteiger partial charge >= 0.3 is 0 Å². The number of likely N-dealkylation sites (tertiary alicyclic amines) is 1. The number of carbonyl (C=O) groups excluding carboxylic acids is 1. The molecule has 2 heterocycles. The van der Waals surface area contributed by atoms with Crippen LogP contribution in [0.3, 0.4) is 0 Å². The van der Waals surface area contributed by atoms with E-state index in [0.29, 0.717) is 0 Å². The maximum atomic E-state index is 10.8. The van der Waals surface area contributed by atoms with Crippen LogP contribution < -0.4 is 10.6 Å². The molecule has 0 radical (unpaired) electrons. The molecule has 2 N–H and O–H groups in total. The standard InChI is InChI=1S/C17H34N4O/c1-16(22)19-7-2-4-17-5-12-20(13-6-17)10-3-11-21-14-8-18-9-15-21/h17-18H,2-15H2,1H3,(H,19,22). The molecule has 0 bridgehead atoms. The molecule has 2 rings (SSSR count). The van der Waals surface area contributed by atoms with Gasteiger partial charge in [-0.15, -0.1) is 0 Å². The van der Waals surface area contributed by atoms with Gasteiger partial charge in [0.25, 0.3) is 0 Å². The monoisotopic (exact) mass is 310 g/mol. The predicted molar refractivity (Wildman–Crippen MR) is 91.0 cm³/mol. The van der Waals surface area contributed by atoms with Crippen LogP contribution in [-0.4, -0.2) is 74.6 Å². The molecular weight excluding hydrogens is 276 g/mol. The molecule has 2 aliphatic rings. The number of piperidine rings is 1. The van der Waals surface area contributed by atoms with Crippen molar-refractivity contribution < 1.29 is 4.79 Å². The lowest BCUT2D eigenvalue weighted by Crippen LogP contribution is -2.44. The van der Waals surface area contributed by atoms with Gasteiger partial charge < -0.3 is 20.4 Å². The smallest absolute Gasteiger partial charge is 0.216 e. The number of amides is 1. The van der Waals surface area contributed by atoms with E-state index in [-0.39, 0.29) is 5.91 Å². The van der Waals surface area contributed by atoms with Gasteiger partial charge in [-0.05, 0) is 64.2 Å². The number of rotatable bonds is 8. The maximum absolute atomic E-state index is 10.8. The van der Waals surface area contributed by atoms with Crippen molar-refractivity contribution in [2.75, 3.05) is 58.9 Å². The highest BCUT2D eigenvalue weighted by Crippen LogP contribution is 2.21. The van der Waals surface area contributed by atoms with E-state index in [4.69, 9.17) is 0 Å². The number of hydrogen-bond acceptors (Lipinski definition) is 4. The predicted octanol–water partition coefficient (Wildman–Crippen LogP) is 0.910. The van der Waals surface area contributed by atoms with Gasteiger partial charge in [0.2, 0.25) is 5.91 Å². The molecule has 0 unspecified atom stereocenters. The van der Waals surface area contributed by atoms with Crippen LogP contribution >= 0.6 is 0 Å². The van der Waals surface area contributed by atoms with Crippen molar-refractivity contribution in [3.63, 3.8) is 0 Å². The highest BCUT2D eigenvalue weighted by Gasteiger charge is 2.18. The molecule has 0 saturated carbocycles. The van der Waals surface area contributed by atoms with E-state index in [1.54, 1.807) is 6.92 Å². The van der Waals surface area contributed by atoms with Gasteiger partial charge in [-0.2, -0.15) is 0 Å². The van der Waals surface area contributed by atoms with Crippen molar-refractivity contribution in [3.8, 4) is 0 Å². The van der Waals surface area contributed by atoms with Crippen molar-refractivity contribution in [2.24, 2.45) is 5.92 Å². The zero-order valence-corrected chi connectivity index (χ0v) is 14.3. The van der Waals surface area contributed by atoms with Crippen molar-refractivity contribution >= 4 is 5.91 Å². The zero-order chi connectivity index (χ0) is 15.6. The molecule has 0 aromatic heterocycles. The number of carbonyl (C=O) groups is 1. The molecule has 0 spiro atoms. The van der Waals surface area contributed by atoms with Crippen LogP contribution in [-0.2, 0) is 4.79 Å². The number of piperazine rings is 1. The first kappa shape index (κ1) is 17.7. The van der Waals surface area contributed by atoms with E-state index in [1.807, 2.05) is 0 Å². The van der Waals surface area contributed by atoms with Crippen LogP contribution in [0.2, 0.25) is 0 Å². The van der Waals surface area contributed by atoms with Crippen molar-refractivity contribution in [3.05, 3.63) is 0 Å². The minimum atomic E-state index is 0.0966. The Labute approximate surface area is 135 Å². The molecule has 0 aromatic rings. The quantitative estimate of drug-likeness (QED) is 0.654. The molecular formula is C17H34N4O. The normalized spacial score (nSPS) is 21.9. The molecule has 22 heavy (non-hydrogen) atoms. The minimum absolute atomic E-state index is 0.0966. The van der Waals surface area contributed by atoms with Crippen molar-refractivity contribution in [2.45, 2.75) is 39.0 Å². The Hall–Kier alpha value is -0.650. The fourth-order valence-corrected chi connectivity index (χ4v) is 3.61. The van der Waals surface area contributed by atoms with Gasteiger partial charge in [-0.25, -0.2) is 0 Å². The summed E-state index contributed by atoms with van der Waals surface area (Å²) in [6.07, 6.45) is 6.40. The third-order valence-electron chi connectivity index (χ3n) is 5.03. The summed E-state index contributed by atoms with van der Waals surface area (Å²) in [4.78, 5) is 16.1. The van der Waals surface area contributed by atoms with E-state index >= 15 is 0 Å². The second-order valence-corrected chi connectivity index (χ2v) is 6.86. The third-order valence-corrected chi connectivity index (χ3v) is 5.03. The van der Waals surface area contributed by atoms with Gasteiger partial charge in [0, 0.05) is 39.6 Å². The summed E-state index contributed by atoms with van der Waals surface area (Å²) >= 11 is 0. The first-order chi connectivity index (χ1) is 10.7. The summed E-state index contributed by atoms with van der Waals surface area (Å²) in [7, 11) is 0. The minimum Gasteiger partial charge on any atom is -0.356 e. The molecule has 0 aliphatic carbocycles. The van der Waals surface area contributed by atoms with E-state index in [1.165, 1.54) is 65.0 Å². The average Bonchev–Trinajstić information content (AvgIpc) is 2.54. The Balaban J connectivity index is 1.47. The van der Waals surface area contributed by atoms with Gasteiger partial charge in [0.1, 0.15) is 0 Å². The van der Waals surface area contributed by atoms with E-state index < -0.39 is 0 Å². The molecule has 2 aliphatic heterocycles. The molecule has 5 heteroatoms. The second-order valence-electron chi connectivity index (χ2n) is 6.86. The van der Waals surface area contributed by atoms with Crippen LogP contribution in [0.5, 0.6) is 0 Å². The molecule has 0 atom stereocenters. The molecule has 128 valence electrons. The lowest BCUT2D eigenvalue weighted by atomic mass is 9.92. The topological polar surface area (TPSA) is 47.6 Å². The van der Waals surface area contributed by atoms with Gasteiger partial charge in [-0.3, -0.25) is 4.79 Å². The largest absolute Gasteiger partial charge is 0.356 e. The lowest BCUT2D eigenvalue weighted by Gasteiger charge is -2.33. The first-order valence-electron chi connectivity index (χ1n) is 9.14. The Morgan fingerprint density at radius 1 is 1.05 bits per heavy atom. The molecule has 1 amide bonds. The van der Waals surface area contributed by atoms with Crippen LogP contribution in [0.4, 0.5) is 0 Å². The lowest BCUT2D eigenvalue weighted by molar-refractivity contribution is -0.118. The van der Waals surface area contributed by atoms with E-state index in [0.717, 1.165) is 32.0 Å². The van der Waals surface area contributed by atoms with E-state index in [2.05, 4.69) is 20.4 Å². The average molecular weight is 310 g/mol. The highest BCUT2D eigenvalue weighted by molar-refractivity contribution is 5.72. The molecule has 2 saturated heterocycles. The summed E-state index contributed by atoms with van der Waals surface area (Å²) in [5.41, 5.74) is 0. The fourth-order valence-electron chi connectivity index (χ4n) is 3.61. The number of nitrogens with zero attached hydrogens (tertiary/aromatic N) is 2. The van der Waals surface area contributed by atoms with Crippen LogP contribution in [0.25, 0.3) is 0 Å². The molecule has 5 nitrogen and oxygen atoms in total. The Kier molecular flexibility index (Phi) is 8.20. The Bertz CT molecular complexity index is 310.